The van der Waals surface area contributed by atoms with E-state index in [-0.39, 0.29) is 11.7 Å². The maximum absolute atomic E-state index is 13.5. The molecule has 1 N–H and O–H groups in total. The molecule has 0 spiro atoms. The average Bonchev–Trinajstić information content (AvgIpc) is 2.36. The van der Waals surface area contributed by atoms with Crippen molar-refractivity contribution in [3.63, 3.8) is 0 Å². The van der Waals surface area contributed by atoms with Gasteiger partial charge in [0.05, 0.1) is 6.10 Å². The Labute approximate surface area is 122 Å². The number of rotatable bonds is 2. The van der Waals surface area contributed by atoms with Crippen LogP contribution in [0.1, 0.15) is 63.7 Å². The first-order chi connectivity index (χ1) is 9.27. The smallest absolute Gasteiger partial charge is 0.123 e. The van der Waals surface area contributed by atoms with E-state index in [0.29, 0.717) is 5.41 Å². The zero-order valence-corrected chi connectivity index (χ0v) is 13.1. The first kappa shape index (κ1) is 15.5. The number of halogens is 1. The molecule has 112 valence electrons. The van der Waals surface area contributed by atoms with Gasteiger partial charge in [0.25, 0.3) is 0 Å². The maximum Gasteiger partial charge on any atom is 0.123 e. The van der Waals surface area contributed by atoms with E-state index < -0.39 is 6.10 Å². The predicted molar refractivity (Wildman–Crippen MR) is 81.0 cm³/mol. The van der Waals surface area contributed by atoms with Crippen LogP contribution < -0.4 is 0 Å². The fraction of sp³-hybridized carbons (Fsp3) is 0.667. The first-order valence-corrected chi connectivity index (χ1v) is 7.72. The molecule has 1 atom stereocenters. The van der Waals surface area contributed by atoms with Gasteiger partial charge in [0.15, 0.2) is 0 Å². The Morgan fingerprint density at radius 2 is 1.70 bits per heavy atom. The highest BCUT2D eigenvalue weighted by atomic mass is 19.1. The summed E-state index contributed by atoms with van der Waals surface area (Å²) in [6, 6.07) is 4.89. The van der Waals surface area contributed by atoms with Gasteiger partial charge in [0.1, 0.15) is 5.82 Å². The maximum atomic E-state index is 13.5. The minimum atomic E-state index is -0.523. The third kappa shape index (κ3) is 3.60. The third-order valence-corrected chi connectivity index (χ3v) is 4.85. The summed E-state index contributed by atoms with van der Waals surface area (Å²) in [4.78, 5) is 0. The second-order valence-corrected chi connectivity index (χ2v) is 7.48. The summed E-state index contributed by atoms with van der Waals surface area (Å²) < 4.78 is 13.5. The van der Waals surface area contributed by atoms with Crippen LogP contribution in [0.2, 0.25) is 0 Å². The van der Waals surface area contributed by atoms with Crippen molar-refractivity contribution in [3.8, 4) is 0 Å². The van der Waals surface area contributed by atoms with Crippen LogP contribution in [0.25, 0.3) is 0 Å². The summed E-state index contributed by atoms with van der Waals surface area (Å²) in [6.45, 7) is 8.76. The zero-order chi connectivity index (χ0) is 14.9. The van der Waals surface area contributed by atoms with Crippen molar-refractivity contribution in [1.29, 1.82) is 0 Å². The Morgan fingerprint density at radius 3 is 2.20 bits per heavy atom. The van der Waals surface area contributed by atoms with Gasteiger partial charge in [-0.2, -0.15) is 0 Å². The molecule has 0 bridgehead atoms. The van der Waals surface area contributed by atoms with Crippen LogP contribution >= 0.6 is 0 Å². The highest BCUT2D eigenvalue weighted by molar-refractivity contribution is 5.25. The van der Waals surface area contributed by atoms with Gasteiger partial charge in [-0.25, -0.2) is 4.39 Å². The van der Waals surface area contributed by atoms with Gasteiger partial charge in [0, 0.05) is 0 Å². The van der Waals surface area contributed by atoms with Crippen LogP contribution in [-0.4, -0.2) is 5.11 Å². The number of aryl methyl sites for hydroxylation is 1. The van der Waals surface area contributed by atoms with Gasteiger partial charge >= 0.3 is 0 Å². The highest BCUT2D eigenvalue weighted by Gasteiger charge is 2.32. The largest absolute Gasteiger partial charge is 0.388 e. The number of hydrogen-bond acceptors (Lipinski definition) is 1. The number of benzene rings is 1. The van der Waals surface area contributed by atoms with Gasteiger partial charge in [-0.05, 0) is 73.1 Å². The lowest BCUT2D eigenvalue weighted by Crippen LogP contribution is -2.28. The summed E-state index contributed by atoms with van der Waals surface area (Å²) in [6.07, 6.45) is 3.89. The molecule has 2 rings (SSSR count). The summed E-state index contributed by atoms with van der Waals surface area (Å²) in [5.74, 6) is 0.762. The summed E-state index contributed by atoms with van der Waals surface area (Å²) in [7, 11) is 0. The molecule has 1 aliphatic carbocycles. The molecule has 1 aliphatic rings. The number of hydrogen-bond donors (Lipinski definition) is 1. The van der Waals surface area contributed by atoms with Gasteiger partial charge in [-0.3, -0.25) is 0 Å². The minimum absolute atomic E-state index is 0.248. The zero-order valence-electron chi connectivity index (χ0n) is 13.1. The Bertz CT molecular complexity index is 433. The van der Waals surface area contributed by atoms with E-state index in [1.54, 1.807) is 0 Å². The van der Waals surface area contributed by atoms with E-state index >= 15 is 0 Å². The van der Waals surface area contributed by atoms with E-state index in [1.165, 1.54) is 25.0 Å². The van der Waals surface area contributed by atoms with Crippen molar-refractivity contribution in [3.05, 3.63) is 35.1 Å². The van der Waals surface area contributed by atoms with Crippen molar-refractivity contribution >= 4 is 0 Å². The van der Waals surface area contributed by atoms with Crippen molar-refractivity contribution in [2.75, 3.05) is 0 Å². The Balaban J connectivity index is 2.03. The molecular formula is C18H27FO. The minimum Gasteiger partial charge on any atom is -0.388 e. The molecule has 1 saturated carbocycles. The van der Waals surface area contributed by atoms with E-state index in [9.17, 15) is 9.50 Å². The topological polar surface area (TPSA) is 20.2 Å². The molecule has 0 radical (unpaired) electrons. The molecule has 1 fully saturated rings. The number of aliphatic hydroxyl groups excluding tert-OH is 1. The van der Waals surface area contributed by atoms with Crippen LogP contribution in [0.5, 0.6) is 0 Å². The summed E-state index contributed by atoms with van der Waals surface area (Å²) in [5.41, 5.74) is 1.97. The molecular weight excluding hydrogens is 251 g/mol. The average molecular weight is 278 g/mol. The molecule has 0 aromatic heterocycles. The van der Waals surface area contributed by atoms with Crippen molar-refractivity contribution in [2.24, 2.45) is 17.3 Å². The standard InChI is InChI=1S/C18H27FO/c1-12-9-14(11-16(19)10-12)17(20)13-5-7-15(8-6-13)18(2,3)4/h9-11,13,15,17,20H,5-8H2,1-4H3. The van der Waals surface area contributed by atoms with Crippen LogP contribution in [-0.2, 0) is 0 Å². The monoisotopic (exact) mass is 278 g/mol. The van der Waals surface area contributed by atoms with Gasteiger partial charge in [0.2, 0.25) is 0 Å². The van der Waals surface area contributed by atoms with Crippen molar-refractivity contribution in [1.82, 2.24) is 0 Å². The van der Waals surface area contributed by atoms with Gasteiger partial charge in [-0.15, -0.1) is 0 Å². The molecule has 1 unspecified atom stereocenters. The van der Waals surface area contributed by atoms with E-state index in [4.69, 9.17) is 0 Å². The first-order valence-electron chi connectivity index (χ1n) is 7.72. The second kappa shape index (κ2) is 5.85. The second-order valence-electron chi connectivity index (χ2n) is 7.48. The van der Waals surface area contributed by atoms with E-state index in [2.05, 4.69) is 20.8 Å². The molecule has 0 amide bonds. The molecule has 0 heterocycles. The Kier molecular flexibility index (Phi) is 4.53. The quantitative estimate of drug-likeness (QED) is 0.805. The number of aliphatic hydroxyl groups is 1. The Hall–Kier alpha value is -0.890. The fourth-order valence-electron chi connectivity index (χ4n) is 3.51. The summed E-state index contributed by atoms with van der Waals surface area (Å²) >= 11 is 0. The molecule has 20 heavy (non-hydrogen) atoms. The van der Waals surface area contributed by atoms with E-state index in [0.717, 1.165) is 29.9 Å². The molecule has 1 aromatic rings. The molecule has 1 nitrogen and oxygen atoms in total. The lowest BCUT2D eigenvalue weighted by molar-refractivity contribution is 0.0526. The lowest BCUT2D eigenvalue weighted by Gasteiger charge is -2.38. The van der Waals surface area contributed by atoms with Crippen LogP contribution in [0, 0.1) is 30.0 Å². The fourth-order valence-corrected chi connectivity index (χ4v) is 3.51. The van der Waals surface area contributed by atoms with Gasteiger partial charge in [-0.1, -0.05) is 26.8 Å². The Morgan fingerprint density at radius 1 is 1.10 bits per heavy atom. The lowest BCUT2D eigenvalue weighted by atomic mass is 9.68. The molecule has 2 heteroatoms. The molecule has 0 aliphatic heterocycles. The van der Waals surface area contributed by atoms with E-state index in [1.807, 2.05) is 13.0 Å². The predicted octanol–water partition coefficient (Wildman–Crippen LogP) is 5.02. The van der Waals surface area contributed by atoms with Crippen LogP contribution in [0.4, 0.5) is 4.39 Å². The highest BCUT2D eigenvalue weighted by Crippen LogP contribution is 2.43. The molecule has 0 saturated heterocycles. The molecule has 1 aromatic carbocycles. The van der Waals surface area contributed by atoms with Crippen molar-refractivity contribution < 1.29 is 9.50 Å². The SMILES string of the molecule is Cc1cc(F)cc(C(O)C2CCC(C(C)(C)C)CC2)c1. The van der Waals surface area contributed by atoms with Gasteiger partial charge < -0.3 is 5.11 Å². The summed E-state index contributed by atoms with van der Waals surface area (Å²) in [5, 5.41) is 10.5. The normalized spacial score (nSPS) is 25.5. The third-order valence-electron chi connectivity index (χ3n) is 4.85. The van der Waals surface area contributed by atoms with Crippen LogP contribution in [0.15, 0.2) is 18.2 Å². The van der Waals surface area contributed by atoms with Crippen molar-refractivity contribution in [2.45, 2.75) is 59.5 Å². The van der Waals surface area contributed by atoms with Crippen LogP contribution in [0.3, 0.4) is 0 Å².